The molecule has 2 rings (SSSR count). The van der Waals surface area contributed by atoms with E-state index in [1.165, 1.54) is 12.1 Å². The molecule has 4 N–H and O–H groups in total. The molecule has 0 bridgehead atoms. The second kappa shape index (κ2) is 5.75. The quantitative estimate of drug-likeness (QED) is 0.396. The molecule has 0 radical (unpaired) electrons. The first-order chi connectivity index (χ1) is 9.91. The monoisotopic (exact) mass is 286 g/mol. The minimum Gasteiger partial charge on any atom is -0.504 e. The van der Waals surface area contributed by atoms with Crippen molar-refractivity contribution in [2.24, 2.45) is 5.10 Å². The van der Waals surface area contributed by atoms with E-state index in [0.717, 1.165) is 16.8 Å². The highest BCUT2D eigenvalue weighted by Crippen LogP contribution is 2.37. The SMILES string of the molecule is CC(=NNc1cccc(C)c1C)c1ccc(O)c(O)c1O. The van der Waals surface area contributed by atoms with E-state index in [-0.39, 0.29) is 11.5 Å². The van der Waals surface area contributed by atoms with Crippen molar-refractivity contribution in [3.05, 3.63) is 47.0 Å². The molecule has 0 aromatic heterocycles. The Hall–Kier alpha value is -2.69. The van der Waals surface area contributed by atoms with Crippen LogP contribution in [0.2, 0.25) is 0 Å². The first kappa shape index (κ1) is 14.7. The molecule has 0 saturated heterocycles. The van der Waals surface area contributed by atoms with Gasteiger partial charge in [-0.05, 0) is 50.1 Å². The fraction of sp³-hybridized carbons (Fsp3) is 0.188. The number of hydrazone groups is 1. The number of nitrogens with one attached hydrogen (secondary N) is 1. The fourth-order valence-corrected chi connectivity index (χ4v) is 1.94. The van der Waals surface area contributed by atoms with Crippen molar-refractivity contribution in [2.75, 3.05) is 5.43 Å². The van der Waals surface area contributed by atoms with Gasteiger partial charge in [0, 0.05) is 5.56 Å². The molecular weight excluding hydrogens is 268 g/mol. The van der Waals surface area contributed by atoms with Crippen LogP contribution in [0.25, 0.3) is 0 Å². The Morgan fingerprint density at radius 3 is 2.43 bits per heavy atom. The lowest BCUT2D eigenvalue weighted by Gasteiger charge is -2.10. The third-order valence-electron chi connectivity index (χ3n) is 3.47. The second-order valence-electron chi connectivity index (χ2n) is 4.89. The molecule has 21 heavy (non-hydrogen) atoms. The van der Waals surface area contributed by atoms with Gasteiger partial charge in [-0.3, -0.25) is 5.43 Å². The van der Waals surface area contributed by atoms with E-state index in [4.69, 9.17) is 0 Å². The van der Waals surface area contributed by atoms with Crippen molar-refractivity contribution in [1.29, 1.82) is 0 Å². The van der Waals surface area contributed by atoms with E-state index in [9.17, 15) is 15.3 Å². The predicted octanol–water partition coefficient (Wildman–Crippen LogP) is 3.26. The van der Waals surface area contributed by atoms with E-state index in [1.54, 1.807) is 6.92 Å². The molecule has 2 aromatic rings. The van der Waals surface area contributed by atoms with Crippen molar-refractivity contribution in [3.63, 3.8) is 0 Å². The van der Waals surface area contributed by atoms with Gasteiger partial charge in [-0.15, -0.1) is 0 Å². The smallest absolute Gasteiger partial charge is 0.200 e. The molecule has 0 spiro atoms. The summed E-state index contributed by atoms with van der Waals surface area (Å²) in [5, 5.41) is 32.9. The minimum absolute atomic E-state index is 0.350. The maximum atomic E-state index is 9.83. The van der Waals surface area contributed by atoms with Crippen LogP contribution in [-0.2, 0) is 0 Å². The van der Waals surface area contributed by atoms with Gasteiger partial charge in [0.05, 0.1) is 11.4 Å². The fourth-order valence-electron chi connectivity index (χ4n) is 1.94. The van der Waals surface area contributed by atoms with E-state index in [2.05, 4.69) is 10.5 Å². The number of aryl methyl sites for hydroxylation is 1. The molecule has 0 atom stereocenters. The van der Waals surface area contributed by atoms with E-state index in [1.807, 2.05) is 32.0 Å². The second-order valence-corrected chi connectivity index (χ2v) is 4.89. The molecule has 0 aliphatic heterocycles. The topological polar surface area (TPSA) is 85.1 Å². The number of rotatable bonds is 3. The summed E-state index contributed by atoms with van der Waals surface area (Å²) in [5.41, 5.74) is 6.90. The van der Waals surface area contributed by atoms with Crippen LogP contribution in [0.1, 0.15) is 23.6 Å². The number of hydrogen-bond acceptors (Lipinski definition) is 5. The molecule has 0 fully saturated rings. The number of phenolic OH excluding ortho intramolecular Hbond substituents is 3. The van der Waals surface area contributed by atoms with E-state index < -0.39 is 5.75 Å². The zero-order chi connectivity index (χ0) is 15.6. The summed E-state index contributed by atoms with van der Waals surface area (Å²) in [7, 11) is 0. The molecule has 0 aliphatic rings. The highest BCUT2D eigenvalue weighted by molar-refractivity contribution is 6.02. The number of aromatic hydroxyl groups is 3. The highest BCUT2D eigenvalue weighted by Gasteiger charge is 2.13. The van der Waals surface area contributed by atoms with Gasteiger partial charge in [0.25, 0.3) is 0 Å². The Bertz CT molecular complexity index is 709. The molecular formula is C16H18N2O3. The van der Waals surface area contributed by atoms with Gasteiger partial charge in [0.15, 0.2) is 11.5 Å². The van der Waals surface area contributed by atoms with E-state index >= 15 is 0 Å². The molecule has 0 unspecified atom stereocenters. The van der Waals surface area contributed by atoms with Gasteiger partial charge >= 0.3 is 0 Å². The summed E-state index contributed by atoms with van der Waals surface area (Å²) in [5.74, 6) is -1.31. The van der Waals surface area contributed by atoms with Crippen LogP contribution >= 0.6 is 0 Å². The maximum Gasteiger partial charge on any atom is 0.200 e. The lowest BCUT2D eigenvalue weighted by molar-refractivity contribution is 0.367. The predicted molar refractivity (Wildman–Crippen MR) is 83.2 cm³/mol. The van der Waals surface area contributed by atoms with Crippen LogP contribution in [0.3, 0.4) is 0 Å². The third kappa shape index (κ3) is 2.91. The van der Waals surface area contributed by atoms with Crippen molar-refractivity contribution in [3.8, 4) is 17.2 Å². The number of hydrogen-bond donors (Lipinski definition) is 4. The van der Waals surface area contributed by atoms with Crippen LogP contribution in [0.5, 0.6) is 17.2 Å². The van der Waals surface area contributed by atoms with Gasteiger partial charge in [0.2, 0.25) is 5.75 Å². The summed E-state index contributed by atoms with van der Waals surface area (Å²) in [6.07, 6.45) is 0. The molecule has 5 nitrogen and oxygen atoms in total. The lowest BCUT2D eigenvalue weighted by atomic mass is 10.1. The standard InChI is InChI=1S/C16H18N2O3/c1-9-5-4-6-13(10(9)2)18-17-11(3)12-7-8-14(19)16(21)15(12)20/h4-8,18-21H,1-3H3. The van der Waals surface area contributed by atoms with Gasteiger partial charge in [-0.2, -0.15) is 5.10 Å². The lowest BCUT2D eigenvalue weighted by Crippen LogP contribution is -2.01. The summed E-state index contributed by atoms with van der Waals surface area (Å²) >= 11 is 0. The first-order valence-corrected chi connectivity index (χ1v) is 6.52. The van der Waals surface area contributed by atoms with Crippen molar-refractivity contribution < 1.29 is 15.3 Å². The normalized spacial score (nSPS) is 11.5. The summed E-state index contributed by atoms with van der Waals surface area (Å²) in [4.78, 5) is 0. The van der Waals surface area contributed by atoms with Gasteiger partial charge in [-0.1, -0.05) is 12.1 Å². The number of phenols is 3. The zero-order valence-corrected chi connectivity index (χ0v) is 12.2. The van der Waals surface area contributed by atoms with Crippen molar-refractivity contribution in [2.45, 2.75) is 20.8 Å². The Balaban J connectivity index is 2.30. The minimum atomic E-state index is -0.547. The Kier molecular flexibility index (Phi) is 4.03. The summed E-state index contributed by atoms with van der Waals surface area (Å²) < 4.78 is 0. The number of anilines is 1. The van der Waals surface area contributed by atoms with E-state index in [0.29, 0.717) is 11.3 Å². The third-order valence-corrected chi connectivity index (χ3v) is 3.47. The first-order valence-electron chi connectivity index (χ1n) is 6.52. The average molecular weight is 286 g/mol. The van der Waals surface area contributed by atoms with Crippen LogP contribution in [-0.4, -0.2) is 21.0 Å². The molecule has 5 heteroatoms. The molecule has 0 aliphatic carbocycles. The van der Waals surface area contributed by atoms with Gasteiger partial charge in [0.1, 0.15) is 0 Å². The number of nitrogens with zero attached hydrogens (tertiary/aromatic N) is 1. The summed E-state index contributed by atoms with van der Waals surface area (Å²) in [6, 6.07) is 8.66. The summed E-state index contributed by atoms with van der Waals surface area (Å²) in [6.45, 7) is 5.71. The Morgan fingerprint density at radius 1 is 1.00 bits per heavy atom. The number of benzene rings is 2. The van der Waals surface area contributed by atoms with Crippen LogP contribution in [0, 0.1) is 13.8 Å². The van der Waals surface area contributed by atoms with Crippen LogP contribution in [0.15, 0.2) is 35.4 Å². The van der Waals surface area contributed by atoms with Gasteiger partial charge in [-0.25, -0.2) is 0 Å². The van der Waals surface area contributed by atoms with Crippen molar-refractivity contribution in [1.82, 2.24) is 0 Å². The van der Waals surface area contributed by atoms with Gasteiger partial charge < -0.3 is 15.3 Å². The molecule has 0 saturated carbocycles. The van der Waals surface area contributed by atoms with Crippen LogP contribution < -0.4 is 5.43 Å². The Morgan fingerprint density at radius 2 is 1.71 bits per heavy atom. The molecule has 0 heterocycles. The average Bonchev–Trinajstić information content (AvgIpc) is 2.46. The molecule has 2 aromatic carbocycles. The Labute approximate surface area is 123 Å². The highest BCUT2D eigenvalue weighted by atomic mass is 16.3. The maximum absolute atomic E-state index is 9.83. The molecule has 0 amide bonds. The zero-order valence-electron chi connectivity index (χ0n) is 12.2. The van der Waals surface area contributed by atoms with Crippen LogP contribution in [0.4, 0.5) is 5.69 Å². The largest absolute Gasteiger partial charge is 0.504 e. The molecule has 110 valence electrons. The van der Waals surface area contributed by atoms with Crippen molar-refractivity contribution >= 4 is 11.4 Å².